The first kappa shape index (κ1) is 15.8. The molecule has 1 aromatic rings. The highest BCUT2D eigenvalue weighted by molar-refractivity contribution is 9.10. The molecule has 6 heteroatoms. The molecule has 1 saturated heterocycles. The summed E-state index contributed by atoms with van der Waals surface area (Å²) in [6.07, 6.45) is 2.60. The molecule has 1 atom stereocenters. The first-order valence-corrected chi connectivity index (χ1v) is 7.76. The van der Waals surface area contributed by atoms with E-state index in [-0.39, 0.29) is 11.5 Å². The van der Waals surface area contributed by atoms with Crippen LogP contribution in [-0.4, -0.2) is 41.1 Å². The van der Waals surface area contributed by atoms with E-state index in [9.17, 15) is 9.59 Å². The number of carbonyl (C=O) groups excluding carboxylic acids is 1. The number of hydrogen-bond donors (Lipinski definition) is 1. The van der Waals surface area contributed by atoms with Crippen molar-refractivity contribution in [2.75, 3.05) is 13.1 Å². The van der Waals surface area contributed by atoms with E-state index in [1.807, 2.05) is 4.90 Å². The van der Waals surface area contributed by atoms with E-state index < -0.39 is 12.1 Å². The number of halogens is 1. The van der Waals surface area contributed by atoms with E-state index >= 15 is 0 Å². The third kappa shape index (κ3) is 3.97. The molecule has 0 spiro atoms. The second-order valence-corrected chi connectivity index (χ2v) is 5.95. The Morgan fingerprint density at radius 2 is 1.95 bits per heavy atom. The lowest BCUT2D eigenvalue weighted by Crippen LogP contribution is -2.43. The summed E-state index contributed by atoms with van der Waals surface area (Å²) in [5, 5.41) is 9.08. The quantitative estimate of drug-likeness (QED) is 0.901. The molecule has 21 heavy (non-hydrogen) atoms. The third-order valence-electron chi connectivity index (χ3n) is 3.50. The normalized spacial score (nSPS) is 16.4. The molecular formula is C15H18BrNO4. The van der Waals surface area contributed by atoms with Crippen molar-refractivity contribution in [3.05, 3.63) is 28.2 Å². The number of ether oxygens (including phenoxy) is 1. The summed E-state index contributed by atoms with van der Waals surface area (Å²) in [7, 11) is 0. The average molecular weight is 356 g/mol. The third-order valence-corrected chi connectivity index (χ3v) is 4.19. The summed E-state index contributed by atoms with van der Waals surface area (Å²) >= 11 is 3.18. The van der Waals surface area contributed by atoms with Crippen LogP contribution in [0.5, 0.6) is 5.75 Å². The average Bonchev–Trinajstić information content (AvgIpc) is 2.49. The highest BCUT2D eigenvalue weighted by Crippen LogP contribution is 2.24. The standard InChI is InChI=1S/C15H18BrNO4/c1-10(14(18)17-7-3-2-4-8-17)21-11-5-6-13(16)12(9-11)15(19)20/h5-6,9-10H,2-4,7-8H2,1H3,(H,19,20). The molecule has 1 aromatic carbocycles. The molecule has 1 fully saturated rings. The molecule has 114 valence electrons. The van der Waals surface area contributed by atoms with Crippen molar-refractivity contribution < 1.29 is 19.4 Å². The van der Waals surface area contributed by atoms with Gasteiger partial charge in [-0.05, 0) is 60.3 Å². The maximum Gasteiger partial charge on any atom is 0.336 e. The number of amides is 1. The minimum absolute atomic E-state index is 0.0468. The summed E-state index contributed by atoms with van der Waals surface area (Å²) in [5.74, 6) is -0.703. The van der Waals surface area contributed by atoms with E-state index in [0.29, 0.717) is 10.2 Å². The van der Waals surface area contributed by atoms with Crippen molar-refractivity contribution in [3.63, 3.8) is 0 Å². The number of rotatable bonds is 4. The Bertz CT molecular complexity index is 540. The van der Waals surface area contributed by atoms with Crippen molar-refractivity contribution >= 4 is 27.8 Å². The molecule has 0 aromatic heterocycles. The van der Waals surface area contributed by atoms with Gasteiger partial charge in [0.15, 0.2) is 6.10 Å². The fraction of sp³-hybridized carbons (Fsp3) is 0.467. The summed E-state index contributed by atoms with van der Waals surface area (Å²) in [5.41, 5.74) is 0.116. The summed E-state index contributed by atoms with van der Waals surface area (Å²) in [6.45, 7) is 3.24. The number of benzene rings is 1. The lowest BCUT2D eigenvalue weighted by molar-refractivity contribution is -0.138. The lowest BCUT2D eigenvalue weighted by atomic mass is 10.1. The molecule has 1 amide bonds. The van der Waals surface area contributed by atoms with Crippen molar-refractivity contribution in [2.45, 2.75) is 32.3 Å². The molecule has 1 N–H and O–H groups in total. The molecule has 0 aliphatic carbocycles. The number of nitrogens with zero attached hydrogens (tertiary/aromatic N) is 1. The van der Waals surface area contributed by atoms with Crippen LogP contribution in [0.25, 0.3) is 0 Å². The van der Waals surface area contributed by atoms with Gasteiger partial charge in [-0.1, -0.05) is 0 Å². The first-order chi connectivity index (χ1) is 9.99. The molecule has 0 saturated carbocycles. The molecule has 2 rings (SSSR count). The van der Waals surface area contributed by atoms with E-state index in [1.54, 1.807) is 19.1 Å². The lowest BCUT2D eigenvalue weighted by Gasteiger charge is -2.29. The van der Waals surface area contributed by atoms with Gasteiger partial charge >= 0.3 is 5.97 Å². The number of carboxylic acid groups (broad SMARTS) is 1. The van der Waals surface area contributed by atoms with Gasteiger partial charge in [0.2, 0.25) is 0 Å². The van der Waals surface area contributed by atoms with Crippen molar-refractivity contribution in [1.29, 1.82) is 0 Å². The van der Waals surface area contributed by atoms with Gasteiger partial charge in [0, 0.05) is 17.6 Å². The molecule has 1 unspecified atom stereocenters. The number of hydrogen-bond acceptors (Lipinski definition) is 3. The van der Waals surface area contributed by atoms with Gasteiger partial charge in [0.1, 0.15) is 5.75 Å². The second kappa shape index (κ2) is 6.93. The summed E-state index contributed by atoms with van der Waals surface area (Å²) in [6, 6.07) is 4.68. The van der Waals surface area contributed by atoms with E-state index in [2.05, 4.69) is 15.9 Å². The highest BCUT2D eigenvalue weighted by Gasteiger charge is 2.23. The molecular weight excluding hydrogens is 338 g/mol. The van der Waals surface area contributed by atoms with Crippen LogP contribution in [0.4, 0.5) is 0 Å². The smallest absolute Gasteiger partial charge is 0.336 e. The first-order valence-electron chi connectivity index (χ1n) is 6.97. The van der Waals surface area contributed by atoms with Crippen LogP contribution in [0.2, 0.25) is 0 Å². The molecule has 0 bridgehead atoms. The summed E-state index contributed by atoms with van der Waals surface area (Å²) < 4.78 is 6.08. The van der Waals surface area contributed by atoms with Crippen molar-refractivity contribution in [3.8, 4) is 5.75 Å². The van der Waals surface area contributed by atoms with Crippen LogP contribution in [0.15, 0.2) is 22.7 Å². The Labute approximate surface area is 132 Å². The molecule has 0 radical (unpaired) electrons. The number of carboxylic acids is 1. The topological polar surface area (TPSA) is 66.8 Å². The predicted molar refractivity (Wildman–Crippen MR) is 81.6 cm³/mol. The van der Waals surface area contributed by atoms with Crippen molar-refractivity contribution in [2.24, 2.45) is 0 Å². The van der Waals surface area contributed by atoms with Gasteiger partial charge in [0.25, 0.3) is 5.91 Å². The van der Waals surface area contributed by atoms with Gasteiger partial charge < -0.3 is 14.7 Å². The fourth-order valence-electron chi connectivity index (χ4n) is 2.37. The summed E-state index contributed by atoms with van der Waals surface area (Å²) in [4.78, 5) is 25.2. The number of carbonyl (C=O) groups is 2. The minimum atomic E-state index is -1.04. The Morgan fingerprint density at radius 1 is 1.29 bits per heavy atom. The Hall–Kier alpha value is -1.56. The van der Waals surface area contributed by atoms with Crippen LogP contribution in [0, 0.1) is 0 Å². The number of piperidine rings is 1. The van der Waals surface area contributed by atoms with E-state index in [4.69, 9.17) is 9.84 Å². The van der Waals surface area contributed by atoms with Crippen LogP contribution in [0.1, 0.15) is 36.5 Å². The monoisotopic (exact) mass is 355 g/mol. The molecule has 1 aliphatic heterocycles. The maximum atomic E-state index is 12.3. The van der Waals surface area contributed by atoms with Crippen LogP contribution in [-0.2, 0) is 4.79 Å². The van der Waals surface area contributed by atoms with Crippen LogP contribution >= 0.6 is 15.9 Å². The van der Waals surface area contributed by atoms with Gasteiger partial charge in [0.05, 0.1) is 5.56 Å². The number of aromatic carboxylic acids is 1. The van der Waals surface area contributed by atoms with Crippen LogP contribution in [0.3, 0.4) is 0 Å². The van der Waals surface area contributed by atoms with E-state index in [0.717, 1.165) is 32.4 Å². The zero-order valence-electron chi connectivity index (χ0n) is 11.8. The zero-order chi connectivity index (χ0) is 15.4. The predicted octanol–water partition coefficient (Wildman–Crippen LogP) is 2.93. The van der Waals surface area contributed by atoms with E-state index in [1.165, 1.54) is 6.07 Å². The Morgan fingerprint density at radius 3 is 2.57 bits per heavy atom. The second-order valence-electron chi connectivity index (χ2n) is 5.09. The fourth-order valence-corrected chi connectivity index (χ4v) is 2.78. The van der Waals surface area contributed by atoms with Gasteiger partial charge in [-0.25, -0.2) is 4.79 Å². The van der Waals surface area contributed by atoms with Crippen LogP contribution < -0.4 is 4.74 Å². The Kier molecular flexibility index (Phi) is 5.22. The zero-order valence-corrected chi connectivity index (χ0v) is 13.4. The van der Waals surface area contributed by atoms with Crippen molar-refractivity contribution in [1.82, 2.24) is 4.90 Å². The largest absolute Gasteiger partial charge is 0.481 e. The minimum Gasteiger partial charge on any atom is -0.481 e. The van der Waals surface area contributed by atoms with Gasteiger partial charge in [-0.3, -0.25) is 4.79 Å². The molecule has 5 nitrogen and oxygen atoms in total. The van der Waals surface area contributed by atoms with Gasteiger partial charge in [-0.2, -0.15) is 0 Å². The maximum absolute atomic E-state index is 12.3. The SMILES string of the molecule is CC(Oc1ccc(Br)c(C(=O)O)c1)C(=O)N1CCCCC1. The Balaban J connectivity index is 2.05. The van der Waals surface area contributed by atoms with Gasteiger partial charge in [-0.15, -0.1) is 0 Å². The molecule has 1 aliphatic rings. The highest BCUT2D eigenvalue weighted by atomic mass is 79.9. The number of likely N-dealkylation sites (tertiary alicyclic amines) is 1. The molecule has 1 heterocycles.